The lowest BCUT2D eigenvalue weighted by Crippen LogP contribution is -2.48. The van der Waals surface area contributed by atoms with Crippen LogP contribution in [-0.2, 0) is 11.3 Å². The van der Waals surface area contributed by atoms with Crippen molar-refractivity contribution in [3.05, 3.63) is 15.6 Å². The number of alkyl carbamates (subject to hydrolysis) is 1. The van der Waals surface area contributed by atoms with Crippen molar-refractivity contribution in [3.8, 4) is 0 Å². The van der Waals surface area contributed by atoms with Crippen LogP contribution in [0.5, 0.6) is 0 Å². The zero-order valence-corrected chi connectivity index (χ0v) is 21.3. The number of nitrogens with one attached hydrogen (secondary N) is 3. The topological polar surface area (TPSA) is 87.6 Å². The number of rotatable bonds is 8. The fraction of sp³-hybridized carbons (Fsp3) is 0.737. The lowest BCUT2D eigenvalue weighted by molar-refractivity contribution is 0.0523. The van der Waals surface area contributed by atoms with Crippen molar-refractivity contribution >= 4 is 47.4 Å². The summed E-state index contributed by atoms with van der Waals surface area (Å²) < 4.78 is 5.32. The first-order valence-corrected chi connectivity index (χ1v) is 10.3. The van der Waals surface area contributed by atoms with Gasteiger partial charge in [0.1, 0.15) is 5.60 Å². The van der Waals surface area contributed by atoms with E-state index in [-0.39, 0.29) is 30.0 Å². The van der Waals surface area contributed by atoms with Crippen LogP contribution >= 0.6 is 35.3 Å². The maximum Gasteiger partial charge on any atom is 0.407 e. The molecule has 1 atom stereocenters. The Labute approximate surface area is 190 Å². The Hall–Kier alpha value is -1.10. The van der Waals surface area contributed by atoms with Crippen molar-refractivity contribution in [1.82, 2.24) is 20.9 Å². The van der Waals surface area contributed by atoms with E-state index in [0.717, 1.165) is 30.0 Å². The van der Waals surface area contributed by atoms with Gasteiger partial charge in [0.2, 0.25) is 0 Å². The number of hydrogen-bond donors (Lipinski definition) is 3. The highest BCUT2D eigenvalue weighted by Gasteiger charge is 2.18. The number of aromatic nitrogens is 1. The molecule has 7 nitrogen and oxygen atoms in total. The fourth-order valence-electron chi connectivity index (χ4n) is 2.49. The summed E-state index contributed by atoms with van der Waals surface area (Å²) in [7, 11) is 1.75. The number of carbonyl (C=O) groups is 1. The van der Waals surface area contributed by atoms with Crippen LogP contribution in [0.4, 0.5) is 4.79 Å². The van der Waals surface area contributed by atoms with E-state index >= 15 is 0 Å². The molecule has 1 amide bonds. The van der Waals surface area contributed by atoms with Gasteiger partial charge in [-0.25, -0.2) is 9.78 Å². The molecule has 28 heavy (non-hydrogen) atoms. The Morgan fingerprint density at radius 3 is 2.46 bits per heavy atom. The molecular weight excluding hydrogens is 489 g/mol. The minimum atomic E-state index is -0.501. The van der Waals surface area contributed by atoms with Gasteiger partial charge in [0.15, 0.2) is 5.96 Å². The largest absolute Gasteiger partial charge is 0.444 e. The summed E-state index contributed by atoms with van der Waals surface area (Å²) in [5.74, 6) is 0.715. The molecule has 0 aromatic carbocycles. The third kappa shape index (κ3) is 11.0. The smallest absolute Gasteiger partial charge is 0.407 e. The summed E-state index contributed by atoms with van der Waals surface area (Å²) in [6, 6.07) is 0.0768. The number of halogens is 1. The van der Waals surface area contributed by atoms with Crippen molar-refractivity contribution in [2.24, 2.45) is 4.99 Å². The number of hydrogen-bond acceptors (Lipinski definition) is 5. The van der Waals surface area contributed by atoms with Gasteiger partial charge in [0, 0.05) is 24.5 Å². The molecule has 1 aromatic heterocycles. The highest BCUT2D eigenvalue weighted by molar-refractivity contribution is 14.0. The number of unbranched alkanes of at least 4 members (excludes halogenated alkanes) is 1. The van der Waals surface area contributed by atoms with E-state index in [2.05, 4.69) is 32.9 Å². The molecule has 0 radical (unpaired) electrons. The van der Waals surface area contributed by atoms with Crippen LogP contribution in [0.2, 0.25) is 0 Å². The van der Waals surface area contributed by atoms with Crippen LogP contribution in [0.3, 0.4) is 0 Å². The Morgan fingerprint density at radius 1 is 1.29 bits per heavy atom. The Balaban J connectivity index is 0.00000729. The SMILES string of the molecule is CCCCC(CNC(=O)OC(C)(C)C)NC(=NC)NCc1sc(C)nc1C.I. The van der Waals surface area contributed by atoms with Gasteiger partial charge in [0.05, 0.1) is 17.2 Å². The molecule has 1 rings (SSSR count). The number of aryl methyl sites for hydroxylation is 2. The Kier molecular flexibility index (Phi) is 12.7. The number of carbonyl (C=O) groups excluding carboxylic acids is 1. The van der Waals surface area contributed by atoms with Crippen LogP contribution in [0.1, 0.15) is 62.5 Å². The van der Waals surface area contributed by atoms with Gasteiger partial charge in [-0.1, -0.05) is 19.8 Å². The van der Waals surface area contributed by atoms with Crippen LogP contribution in [0.15, 0.2) is 4.99 Å². The maximum absolute atomic E-state index is 11.9. The summed E-state index contributed by atoms with van der Waals surface area (Å²) in [4.78, 5) is 21.9. The standard InChI is InChI=1S/C19H35N5O2S.HI/c1-8-9-10-15(11-22-18(25)26-19(4,5)6)24-17(20-7)21-12-16-13(2)23-14(3)27-16;/h15H,8-12H2,1-7H3,(H,22,25)(H2,20,21,24);1H. The van der Waals surface area contributed by atoms with E-state index < -0.39 is 11.7 Å². The second-order valence-corrected chi connectivity index (χ2v) is 8.82. The van der Waals surface area contributed by atoms with E-state index in [1.54, 1.807) is 18.4 Å². The molecule has 0 spiro atoms. The molecule has 3 N–H and O–H groups in total. The van der Waals surface area contributed by atoms with Crippen molar-refractivity contribution in [2.75, 3.05) is 13.6 Å². The minimum absolute atomic E-state index is 0. The monoisotopic (exact) mass is 525 g/mol. The quantitative estimate of drug-likeness (QED) is 0.270. The average molecular weight is 526 g/mol. The number of aliphatic imine (C=N–C) groups is 1. The molecule has 0 saturated heterocycles. The van der Waals surface area contributed by atoms with E-state index in [1.807, 2.05) is 34.6 Å². The second kappa shape index (κ2) is 13.2. The number of amides is 1. The van der Waals surface area contributed by atoms with E-state index in [9.17, 15) is 4.79 Å². The minimum Gasteiger partial charge on any atom is -0.444 e. The molecule has 0 aliphatic rings. The third-order valence-electron chi connectivity index (χ3n) is 3.78. The zero-order valence-electron chi connectivity index (χ0n) is 18.1. The lowest BCUT2D eigenvalue weighted by Gasteiger charge is -2.24. The zero-order chi connectivity index (χ0) is 20.4. The van der Waals surface area contributed by atoms with Crippen LogP contribution < -0.4 is 16.0 Å². The van der Waals surface area contributed by atoms with E-state index in [4.69, 9.17) is 4.74 Å². The van der Waals surface area contributed by atoms with Gasteiger partial charge in [-0.05, 0) is 41.0 Å². The number of ether oxygens (including phenoxy) is 1. The van der Waals surface area contributed by atoms with Crippen LogP contribution in [0.25, 0.3) is 0 Å². The molecule has 0 saturated carbocycles. The molecule has 1 unspecified atom stereocenters. The van der Waals surface area contributed by atoms with Gasteiger partial charge in [-0.2, -0.15) is 0 Å². The van der Waals surface area contributed by atoms with Crippen molar-refractivity contribution < 1.29 is 9.53 Å². The Bertz CT molecular complexity index is 628. The molecule has 0 aliphatic heterocycles. The van der Waals surface area contributed by atoms with Crippen molar-refractivity contribution in [1.29, 1.82) is 0 Å². The van der Waals surface area contributed by atoms with Gasteiger partial charge < -0.3 is 20.7 Å². The first-order valence-electron chi connectivity index (χ1n) is 9.51. The van der Waals surface area contributed by atoms with Gasteiger partial charge in [-0.3, -0.25) is 4.99 Å². The number of thiazole rings is 1. The predicted octanol–water partition coefficient (Wildman–Crippen LogP) is 4.13. The van der Waals surface area contributed by atoms with E-state index in [1.165, 1.54) is 4.88 Å². The molecular formula is C19H36IN5O2S. The summed E-state index contributed by atoms with van der Waals surface area (Å²) in [6.45, 7) is 12.9. The lowest BCUT2D eigenvalue weighted by atomic mass is 10.1. The molecule has 1 aromatic rings. The molecule has 162 valence electrons. The average Bonchev–Trinajstić information content (AvgIpc) is 2.89. The highest BCUT2D eigenvalue weighted by Crippen LogP contribution is 2.16. The number of nitrogens with zero attached hydrogens (tertiary/aromatic N) is 2. The molecule has 1 heterocycles. The van der Waals surface area contributed by atoms with Crippen LogP contribution in [0, 0.1) is 13.8 Å². The summed E-state index contributed by atoms with van der Waals surface area (Å²) in [6.07, 6.45) is 2.70. The molecule has 0 fully saturated rings. The van der Waals surface area contributed by atoms with Crippen molar-refractivity contribution in [2.45, 2.75) is 79.0 Å². The second-order valence-electron chi connectivity index (χ2n) is 7.53. The number of guanidine groups is 1. The fourth-order valence-corrected chi connectivity index (χ4v) is 3.36. The third-order valence-corrected chi connectivity index (χ3v) is 4.85. The summed E-state index contributed by atoms with van der Waals surface area (Å²) in [5.41, 5.74) is 0.549. The van der Waals surface area contributed by atoms with Crippen LogP contribution in [-0.4, -0.2) is 42.3 Å². The molecule has 0 aliphatic carbocycles. The predicted molar refractivity (Wildman–Crippen MR) is 128 cm³/mol. The molecule has 9 heteroatoms. The first-order chi connectivity index (χ1) is 12.6. The highest BCUT2D eigenvalue weighted by atomic mass is 127. The summed E-state index contributed by atoms with van der Waals surface area (Å²) >= 11 is 1.69. The molecule has 0 bridgehead atoms. The Morgan fingerprint density at radius 2 is 1.96 bits per heavy atom. The van der Waals surface area contributed by atoms with E-state index in [0.29, 0.717) is 19.0 Å². The summed E-state index contributed by atoms with van der Waals surface area (Å²) in [5, 5.41) is 10.7. The first kappa shape index (κ1) is 26.9. The normalized spacial score (nSPS) is 12.8. The maximum atomic E-state index is 11.9. The van der Waals surface area contributed by atoms with Gasteiger partial charge >= 0.3 is 6.09 Å². The van der Waals surface area contributed by atoms with Crippen molar-refractivity contribution in [3.63, 3.8) is 0 Å². The van der Waals surface area contributed by atoms with Gasteiger partial charge in [0.25, 0.3) is 0 Å². The van der Waals surface area contributed by atoms with Gasteiger partial charge in [-0.15, -0.1) is 35.3 Å².